The molecule has 1 aliphatic carbocycles. The van der Waals surface area contributed by atoms with Crippen LogP contribution in [0.1, 0.15) is 26.3 Å². The second kappa shape index (κ2) is 8.35. The number of hydrogen-bond donors (Lipinski definition) is 1. The molecule has 0 fully saturated rings. The first-order valence-corrected chi connectivity index (χ1v) is 8.40. The van der Waals surface area contributed by atoms with Crippen LogP contribution < -0.4 is 5.73 Å². The van der Waals surface area contributed by atoms with Gasteiger partial charge in [-0.05, 0) is 56.2 Å². The third kappa shape index (κ3) is 4.48. The smallest absolute Gasteiger partial charge is 0.0292 e. The maximum atomic E-state index is 5.38. The molecule has 1 aromatic carbocycles. The lowest BCUT2D eigenvalue weighted by atomic mass is 9.76. The van der Waals surface area contributed by atoms with E-state index in [4.69, 9.17) is 5.73 Å². The van der Waals surface area contributed by atoms with Crippen LogP contribution in [-0.4, -0.2) is 0 Å². The monoisotopic (exact) mass is 317 g/mol. The maximum absolute atomic E-state index is 5.38. The first kappa shape index (κ1) is 17.8. The van der Waals surface area contributed by atoms with Gasteiger partial charge >= 0.3 is 0 Å². The fourth-order valence-electron chi connectivity index (χ4n) is 3.36. The Kier molecular flexibility index (Phi) is 6.20. The van der Waals surface area contributed by atoms with E-state index >= 15 is 0 Å². The average molecular weight is 317 g/mol. The van der Waals surface area contributed by atoms with Crippen LogP contribution in [0.4, 0.5) is 0 Å². The van der Waals surface area contributed by atoms with E-state index in [2.05, 4.69) is 81.5 Å². The quantitative estimate of drug-likeness (QED) is 0.674. The van der Waals surface area contributed by atoms with Gasteiger partial charge in [-0.25, -0.2) is 0 Å². The minimum atomic E-state index is -0.0446. The minimum absolute atomic E-state index is 0.0446. The van der Waals surface area contributed by atoms with Crippen molar-refractivity contribution in [2.24, 2.45) is 11.1 Å². The van der Waals surface area contributed by atoms with Gasteiger partial charge in [-0.3, -0.25) is 0 Å². The van der Waals surface area contributed by atoms with Crippen molar-refractivity contribution in [2.75, 3.05) is 0 Å². The summed E-state index contributed by atoms with van der Waals surface area (Å²) < 4.78 is 0. The summed E-state index contributed by atoms with van der Waals surface area (Å²) in [5.41, 5.74) is 10.7. The summed E-state index contributed by atoms with van der Waals surface area (Å²) in [5, 5.41) is 0. The molecule has 124 valence electrons. The van der Waals surface area contributed by atoms with Crippen LogP contribution >= 0.6 is 0 Å². The molecule has 0 aromatic heterocycles. The highest BCUT2D eigenvalue weighted by Gasteiger charge is 2.27. The highest BCUT2D eigenvalue weighted by Crippen LogP contribution is 2.40. The minimum Gasteiger partial charge on any atom is -0.405 e. The number of benzene rings is 1. The predicted molar refractivity (Wildman–Crippen MR) is 105 cm³/mol. The summed E-state index contributed by atoms with van der Waals surface area (Å²) >= 11 is 0. The van der Waals surface area contributed by atoms with Gasteiger partial charge in [0.05, 0.1) is 0 Å². The molecule has 1 aromatic rings. The van der Waals surface area contributed by atoms with Crippen LogP contribution in [0.2, 0.25) is 0 Å². The van der Waals surface area contributed by atoms with Crippen molar-refractivity contribution >= 4 is 0 Å². The van der Waals surface area contributed by atoms with Crippen molar-refractivity contribution in [3.05, 3.63) is 107 Å². The third-order valence-electron chi connectivity index (χ3n) is 4.35. The number of hydrogen-bond acceptors (Lipinski definition) is 1. The van der Waals surface area contributed by atoms with Gasteiger partial charge in [-0.15, -0.1) is 0 Å². The standard InChI is InChI=1S/C23H27N/c1-19(12-6-5-11-17-24)22(23(3)15-9-10-16-23)20(2)18-21-13-7-4-8-14-21/h4-17H,18,24H2,1-3H3/b6-5-,17-11+,19-12+,22-20+. The lowest BCUT2D eigenvalue weighted by molar-refractivity contribution is 0.667. The number of allylic oxidation sites excluding steroid dienone is 11. The molecule has 0 bridgehead atoms. The zero-order valence-corrected chi connectivity index (χ0v) is 14.9. The van der Waals surface area contributed by atoms with Crippen molar-refractivity contribution in [1.29, 1.82) is 0 Å². The molecule has 0 spiro atoms. The molecule has 1 heteroatoms. The second-order valence-electron chi connectivity index (χ2n) is 6.44. The van der Waals surface area contributed by atoms with Crippen LogP contribution in [-0.2, 0) is 6.42 Å². The lowest BCUT2D eigenvalue weighted by Crippen LogP contribution is -2.15. The van der Waals surface area contributed by atoms with Crippen molar-refractivity contribution in [2.45, 2.75) is 27.2 Å². The maximum Gasteiger partial charge on any atom is 0.0292 e. The van der Waals surface area contributed by atoms with Gasteiger partial charge in [0.25, 0.3) is 0 Å². The van der Waals surface area contributed by atoms with Crippen LogP contribution in [0.25, 0.3) is 0 Å². The van der Waals surface area contributed by atoms with E-state index in [1.54, 1.807) is 6.20 Å². The Morgan fingerprint density at radius 3 is 2.29 bits per heavy atom. The zero-order valence-electron chi connectivity index (χ0n) is 14.9. The van der Waals surface area contributed by atoms with Gasteiger partial charge in [0.1, 0.15) is 0 Å². The van der Waals surface area contributed by atoms with Crippen molar-refractivity contribution < 1.29 is 0 Å². The highest BCUT2D eigenvalue weighted by atomic mass is 14.5. The third-order valence-corrected chi connectivity index (χ3v) is 4.35. The average Bonchev–Trinajstić information content (AvgIpc) is 2.99. The van der Waals surface area contributed by atoms with Crippen LogP contribution in [0, 0.1) is 5.41 Å². The molecule has 0 heterocycles. The molecule has 24 heavy (non-hydrogen) atoms. The van der Waals surface area contributed by atoms with Crippen molar-refractivity contribution in [3.63, 3.8) is 0 Å². The Bertz CT molecular complexity index is 713. The van der Waals surface area contributed by atoms with Gasteiger partial charge in [-0.1, -0.05) is 78.4 Å². The Labute approximate surface area is 146 Å². The second-order valence-corrected chi connectivity index (χ2v) is 6.44. The topological polar surface area (TPSA) is 26.0 Å². The number of nitrogens with two attached hydrogens (primary N) is 1. The Morgan fingerprint density at radius 2 is 1.67 bits per heavy atom. The number of rotatable bonds is 6. The fourth-order valence-corrected chi connectivity index (χ4v) is 3.36. The summed E-state index contributed by atoms with van der Waals surface area (Å²) in [4.78, 5) is 0. The molecule has 0 aliphatic heterocycles. The molecule has 2 N–H and O–H groups in total. The first-order valence-electron chi connectivity index (χ1n) is 8.40. The van der Waals surface area contributed by atoms with Crippen molar-refractivity contribution in [3.8, 4) is 0 Å². The zero-order chi connectivity index (χ0) is 17.4. The van der Waals surface area contributed by atoms with E-state index in [-0.39, 0.29) is 5.41 Å². The summed E-state index contributed by atoms with van der Waals surface area (Å²) in [6.45, 7) is 6.71. The molecule has 0 amide bonds. The van der Waals surface area contributed by atoms with Gasteiger partial charge < -0.3 is 5.73 Å². The van der Waals surface area contributed by atoms with E-state index in [0.717, 1.165) is 6.42 Å². The molecule has 0 saturated heterocycles. The molecular formula is C23H27N. The van der Waals surface area contributed by atoms with Crippen LogP contribution in [0.3, 0.4) is 0 Å². The van der Waals surface area contributed by atoms with Crippen LogP contribution in [0.15, 0.2) is 102 Å². The molecule has 0 atom stereocenters. The Hall–Kier alpha value is -2.54. The molecular weight excluding hydrogens is 290 g/mol. The summed E-state index contributed by atoms with van der Waals surface area (Å²) in [7, 11) is 0. The lowest BCUT2D eigenvalue weighted by Gasteiger charge is -2.28. The highest BCUT2D eigenvalue weighted by molar-refractivity contribution is 5.49. The first-order chi connectivity index (χ1) is 11.6. The molecule has 1 aliphatic rings. The van der Waals surface area contributed by atoms with Gasteiger partial charge in [-0.2, -0.15) is 0 Å². The van der Waals surface area contributed by atoms with Gasteiger partial charge in [0.15, 0.2) is 0 Å². The molecule has 1 nitrogen and oxygen atoms in total. The Morgan fingerprint density at radius 1 is 1.00 bits per heavy atom. The summed E-state index contributed by atoms with van der Waals surface area (Å²) in [5.74, 6) is 0. The largest absolute Gasteiger partial charge is 0.405 e. The van der Waals surface area contributed by atoms with Gasteiger partial charge in [0.2, 0.25) is 0 Å². The normalized spacial score (nSPS) is 17.9. The molecule has 0 saturated carbocycles. The molecule has 0 radical (unpaired) electrons. The van der Waals surface area contributed by atoms with E-state index < -0.39 is 0 Å². The summed E-state index contributed by atoms with van der Waals surface area (Å²) in [6.07, 6.45) is 19.3. The molecule has 0 unspecified atom stereocenters. The predicted octanol–water partition coefficient (Wildman–Crippen LogP) is 5.65. The van der Waals surface area contributed by atoms with E-state index in [0.29, 0.717) is 0 Å². The van der Waals surface area contributed by atoms with Crippen LogP contribution in [0.5, 0.6) is 0 Å². The van der Waals surface area contributed by atoms with E-state index in [1.807, 2.05) is 18.2 Å². The fraction of sp³-hybridized carbons (Fsp3) is 0.217. The van der Waals surface area contributed by atoms with Crippen molar-refractivity contribution in [1.82, 2.24) is 0 Å². The Balaban J connectivity index is 2.41. The van der Waals surface area contributed by atoms with Gasteiger partial charge in [0, 0.05) is 5.41 Å². The van der Waals surface area contributed by atoms with E-state index in [9.17, 15) is 0 Å². The SMILES string of the molecule is C/C(Cc1ccccc1)=C(/C(C)=C/C=C\C=C\N)C1(C)C=CC=C1. The molecule has 2 rings (SSSR count). The van der Waals surface area contributed by atoms with E-state index in [1.165, 1.54) is 22.3 Å². The summed E-state index contributed by atoms with van der Waals surface area (Å²) in [6, 6.07) is 10.6.